The van der Waals surface area contributed by atoms with Crippen LogP contribution in [0, 0.1) is 12.7 Å². The quantitative estimate of drug-likeness (QED) is 0.783. The van der Waals surface area contributed by atoms with Crippen molar-refractivity contribution in [3.05, 3.63) is 29.6 Å². The molecule has 0 heterocycles. The molecule has 0 amide bonds. The summed E-state index contributed by atoms with van der Waals surface area (Å²) in [5.41, 5.74) is 0.618. The fourth-order valence-corrected chi connectivity index (χ4v) is 1.05. The number of ether oxygens (including phenoxy) is 1. The lowest BCUT2D eigenvalue weighted by molar-refractivity contribution is 0.261. The lowest BCUT2D eigenvalue weighted by Crippen LogP contribution is -2.19. The minimum absolute atomic E-state index is 0.190. The van der Waals surface area contributed by atoms with Gasteiger partial charge in [0.2, 0.25) is 0 Å². The number of aryl methyl sites for hydroxylation is 1. The second kappa shape index (κ2) is 8.11. The van der Waals surface area contributed by atoms with Gasteiger partial charge < -0.3 is 9.64 Å². The van der Waals surface area contributed by atoms with E-state index in [2.05, 4.69) is 0 Å². The number of hydrogen-bond donors (Lipinski definition) is 0. The molecule has 3 heteroatoms. The van der Waals surface area contributed by atoms with Gasteiger partial charge in [0.25, 0.3) is 0 Å². The smallest absolute Gasteiger partial charge is 0.126 e. The van der Waals surface area contributed by atoms with E-state index >= 15 is 0 Å². The van der Waals surface area contributed by atoms with Gasteiger partial charge in [-0.1, -0.05) is 13.8 Å². The Labute approximate surface area is 98.0 Å². The summed E-state index contributed by atoms with van der Waals surface area (Å²) in [6.45, 7) is 7.21. The van der Waals surface area contributed by atoms with Crippen LogP contribution in [0.3, 0.4) is 0 Å². The van der Waals surface area contributed by atoms with Crippen molar-refractivity contribution in [3.63, 3.8) is 0 Å². The molecule has 92 valence electrons. The SMILES string of the molecule is CC.Cc1cc(OCCN(C)C)ccc1F. The molecule has 1 aromatic rings. The lowest BCUT2D eigenvalue weighted by Gasteiger charge is -2.11. The van der Waals surface area contributed by atoms with E-state index in [1.807, 2.05) is 32.8 Å². The van der Waals surface area contributed by atoms with E-state index in [-0.39, 0.29) is 5.82 Å². The summed E-state index contributed by atoms with van der Waals surface area (Å²) in [6, 6.07) is 4.79. The third-order valence-corrected chi connectivity index (χ3v) is 1.94. The highest BCUT2D eigenvalue weighted by Crippen LogP contribution is 2.15. The van der Waals surface area contributed by atoms with Gasteiger partial charge in [0, 0.05) is 6.54 Å². The van der Waals surface area contributed by atoms with Crippen LogP contribution in [-0.2, 0) is 0 Å². The predicted molar refractivity (Wildman–Crippen MR) is 66.5 cm³/mol. The van der Waals surface area contributed by atoms with Gasteiger partial charge in [-0.2, -0.15) is 0 Å². The molecular formula is C13H22FNO. The Kier molecular flexibility index (Phi) is 7.56. The molecule has 0 bridgehead atoms. The topological polar surface area (TPSA) is 12.5 Å². The first-order valence-electron chi connectivity index (χ1n) is 5.63. The molecule has 0 fully saturated rings. The number of hydrogen-bond acceptors (Lipinski definition) is 2. The minimum Gasteiger partial charge on any atom is -0.492 e. The summed E-state index contributed by atoms with van der Waals surface area (Å²) in [4.78, 5) is 2.04. The van der Waals surface area contributed by atoms with Crippen LogP contribution >= 0.6 is 0 Å². The maximum atomic E-state index is 12.9. The van der Waals surface area contributed by atoms with E-state index in [1.165, 1.54) is 6.07 Å². The molecule has 0 aliphatic carbocycles. The first-order chi connectivity index (χ1) is 7.59. The summed E-state index contributed by atoms with van der Waals surface area (Å²) >= 11 is 0. The molecule has 0 saturated carbocycles. The molecular weight excluding hydrogens is 205 g/mol. The first-order valence-corrected chi connectivity index (χ1v) is 5.63. The molecule has 0 N–H and O–H groups in total. The molecule has 0 saturated heterocycles. The van der Waals surface area contributed by atoms with Gasteiger partial charge in [-0.25, -0.2) is 4.39 Å². The Morgan fingerprint density at radius 3 is 2.38 bits per heavy atom. The molecule has 1 rings (SSSR count). The summed E-state index contributed by atoms with van der Waals surface area (Å²) in [7, 11) is 3.97. The van der Waals surface area contributed by atoms with Crippen LogP contribution in [0.1, 0.15) is 19.4 Å². The zero-order chi connectivity index (χ0) is 12.6. The van der Waals surface area contributed by atoms with E-state index in [4.69, 9.17) is 4.74 Å². The van der Waals surface area contributed by atoms with Crippen LogP contribution in [-0.4, -0.2) is 32.1 Å². The van der Waals surface area contributed by atoms with E-state index < -0.39 is 0 Å². The molecule has 1 aromatic carbocycles. The maximum Gasteiger partial charge on any atom is 0.126 e. The van der Waals surface area contributed by atoms with Crippen LogP contribution in [0.2, 0.25) is 0 Å². The summed E-state index contributed by atoms with van der Waals surface area (Å²) in [6.07, 6.45) is 0. The highest BCUT2D eigenvalue weighted by atomic mass is 19.1. The van der Waals surface area contributed by atoms with Gasteiger partial charge in [-0.05, 0) is 44.8 Å². The summed E-state index contributed by atoms with van der Waals surface area (Å²) in [5.74, 6) is 0.538. The highest BCUT2D eigenvalue weighted by Gasteiger charge is 1.99. The van der Waals surface area contributed by atoms with Gasteiger partial charge in [-0.15, -0.1) is 0 Å². The molecule has 16 heavy (non-hydrogen) atoms. The van der Waals surface area contributed by atoms with Crippen LogP contribution in [0.25, 0.3) is 0 Å². The van der Waals surface area contributed by atoms with Gasteiger partial charge in [0.1, 0.15) is 18.2 Å². The first kappa shape index (κ1) is 14.9. The Balaban J connectivity index is 0.00000106. The van der Waals surface area contributed by atoms with Gasteiger partial charge in [-0.3, -0.25) is 0 Å². The molecule has 0 aliphatic heterocycles. The summed E-state index contributed by atoms with van der Waals surface area (Å²) < 4.78 is 18.3. The molecule has 0 radical (unpaired) electrons. The van der Waals surface area contributed by atoms with Gasteiger partial charge >= 0.3 is 0 Å². The Hall–Kier alpha value is -1.09. The van der Waals surface area contributed by atoms with Crippen molar-refractivity contribution in [3.8, 4) is 5.75 Å². The fourth-order valence-electron chi connectivity index (χ4n) is 1.05. The second-order valence-corrected chi connectivity index (χ2v) is 3.56. The van der Waals surface area contributed by atoms with Crippen LogP contribution in [0.5, 0.6) is 5.75 Å². The zero-order valence-corrected chi connectivity index (χ0v) is 10.9. The van der Waals surface area contributed by atoms with Crippen molar-refractivity contribution in [2.24, 2.45) is 0 Å². The molecule has 0 aliphatic rings. The molecule has 0 atom stereocenters. The average molecular weight is 227 g/mol. The lowest BCUT2D eigenvalue weighted by atomic mass is 10.2. The van der Waals surface area contributed by atoms with Crippen molar-refractivity contribution in [1.29, 1.82) is 0 Å². The van der Waals surface area contributed by atoms with Crippen LogP contribution < -0.4 is 4.74 Å². The third-order valence-electron chi connectivity index (χ3n) is 1.94. The van der Waals surface area contributed by atoms with E-state index in [9.17, 15) is 4.39 Å². The van der Waals surface area contributed by atoms with E-state index in [1.54, 1.807) is 19.1 Å². The van der Waals surface area contributed by atoms with Crippen molar-refractivity contribution >= 4 is 0 Å². The fraction of sp³-hybridized carbons (Fsp3) is 0.538. The maximum absolute atomic E-state index is 12.9. The average Bonchev–Trinajstić information content (AvgIpc) is 2.26. The molecule has 2 nitrogen and oxygen atoms in total. The normalized spacial score (nSPS) is 9.69. The van der Waals surface area contributed by atoms with Gasteiger partial charge in [0.15, 0.2) is 0 Å². The Bertz CT molecular complexity index is 300. The largest absolute Gasteiger partial charge is 0.492 e. The number of rotatable bonds is 4. The van der Waals surface area contributed by atoms with Crippen LogP contribution in [0.4, 0.5) is 4.39 Å². The standard InChI is InChI=1S/C11H16FNO.C2H6/c1-9-8-10(4-5-11(9)12)14-7-6-13(2)3;1-2/h4-5,8H,6-7H2,1-3H3;1-2H3. The summed E-state index contributed by atoms with van der Waals surface area (Å²) in [5, 5.41) is 0. The Morgan fingerprint density at radius 2 is 1.88 bits per heavy atom. The molecule has 0 spiro atoms. The number of benzene rings is 1. The van der Waals surface area contributed by atoms with E-state index in [0.29, 0.717) is 12.2 Å². The predicted octanol–water partition coefficient (Wildman–Crippen LogP) is 3.10. The monoisotopic (exact) mass is 227 g/mol. The molecule has 0 unspecified atom stereocenters. The molecule has 0 aromatic heterocycles. The number of halogens is 1. The minimum atomic E-state index is -0.190. The van der Waals surface area contributed by atoms with Gasteiger partial charge in [0.05, 0.1) is 0 Å². The van der Waals surface area contributed by atoms with Crippen LogP contribution in [0.15, 0.2) is 18.2 Å². The van der Waals surface area contributed by atoms with Crippen molar-refractivity contribution in [1.82, 2.24) is 4.90 Å². The zero-order valence-electron chi connectivity index (χ0n) is 10.9. The number of nitrogens with zero attached hydrogens (tertiary/aromatic N) is 1. The second-order valence-electron chi connectivity index (χ2n) is 3.56. The van der Waals surface area contributed by atoms with Crippen molar-refractivity contribution < 1.29 is 9.13 Å². The number of likely N-dealkylation sites (N-methyl/N-ethyl adjacent to an activating group) is 1. The van der Waals surface area contributed by atoms with E-state index in [0.717, 1.165) is 12.3 Å². The Morgan fingerprint density at radius 1 is 1.25 bits per heavy atom. The van der Waals surface area contributed by atoms with Crippen molar-refractivity contribution in [2.75, 3.05) is 27.2 Å². The van der Waals surface area contributed by atoms with Crippen molar-refractivity contribution in [2.45, 2.75) is 20.8 Å². The highest BCUT2D eigenvalue weighted by molar-refractivity contribution is 5.28. The third kappa shape index (κ3) is 5.71.